The third-order valence-electron chi connectivity index (χ3n) is 5.53. The Morgan fingerprint density at radius 3 is 2.40 bits per heavy atom. The van der Waals surface area contributed by atoms with Gasteiger partial charge < -0.3 is 20.8 Å². The molecule has 2 aromatic rings. The second-order valence-corrected chi connectivity index (χ2v) is 8.16. The van der Waals surface area contributed by atoms with Gasteiger partial charge in [-0.25, -0.2) is 0 Å². The van der Waals surface area contributed by atoms with Crippen molar-refractivity contribution >= 4 is 23.6 Å². The number of amides is 2. The molecule has 10 heteroatoms. The fraction of sp³-hybridized carbons (Fsp3) is 0.360. The number of nitrogens with one attached hydrogen (secondary N) is 1. The zero-order valence-corrected chi connectivity index (χ0v) is 19.9. The number of nitrogens with zero attached hydrogens (tertiary/aromatic N) is 4. The molecular formula is C25H30N6O4. The third-order valence-corrected chi connectivity index (χ3v) is 5.53. The predicted molar refractivity (Wildman–Crippen MR) is 134 cm³/mol. The topological polar surface area (TPSA) is 139 Å². The van der Waals surface area contributed by atoms with Gasteiger partial charge in [-0.2, -0.15) is 0 Å². The molecule has 184 valence electrons. The Morgan fingerprint density at radius 1 is 1.09 bits per heavy atom. The molecule has 3 N–H and O–H groups in total. The summed E-state index contributed by atoms with van der Waals surface area (Å²) in [4.78, 5) is 36.4. The van der Waals surface area contributed by atoms with Crippen molar-refractivity contribution in [1.82, 2.24) is 4.90 Å². The number of hydrogen-bond acceptors (Lipinski definition) is 7. The van der Waals surface area contributed by atoms with Crippen LogP contribution < -0.4 is 15.9 Å². The van der Waals surface area contributed by atoms with Gasteiger partial charge in [0.25, 0.3) is 0 Å². The minimum absolute atomic E-state index is 0.00324. The maximum atomic E-state index is 13.3. The monoisotopic (exact) mass is 478 g/mol. The van der Waals surface area contributed by atoms with Gasteiger partial charge in [0.1, 0.15) is 11.9 Å². The predicted octanol–water partition coefficient (Wildman–Crippen LogP) is 4.53. The minimum atomic E-state index is -0.867. The van der Waals surface area contributed by atoms with Gasteiger partial charge in [0.2, 0.25) is 5.91 Å². The SMILES string of the molecule is CCCN(CCC)C(=O)C1=Cc2ccc(-c3ccc(OCC(=O)N=O)cc3)cc2NC(N=NN)C1. The summed E-state index contributed by atoms with van der Waals surface area (Å²) in [7, 11) is 0. The molecule has 0 aromatic heterocycles. The van der Waals surface area contributed by atoms with E-state index in [1.54, 1.807) is 12.1 Å². The van der Waals surface area contributed by atoms with Crippen molar-refractivity contribution in [1.29, 1.82) is 0 Å². The molecule has 0 fully saturated rings. The lowest BCUT2D eigenvalue weighted by atomic mass is 10.0. The van der Waals surface area contributed by atoms with Crippen molar-refractivity contribution in [3.63, 3.8) is 0 Å². The van der Waals surface area contributed by atoms with Gasteiger partial charge in [-0.15, -0.1) is 10.0 Å². The van der Waals surface area contributed by atoms with Gasteiger partial charge >= 0.3 is 5.91 Å². The Bertz CT molecular complexity index is 1110. The number of rotatable bonds is 10. The molecule has 2 aromatic carbocycles. The Morgan fingerprint density at radius 2 is 1.77 bits per heavy atom. The molecule has 35 heavy (non-hydrogen) atoms. The van der Waals surface area contributed by atoms with Crippen LogP contribution in [0.5, 0.6) is 5.75 Å². The lowest BCUT2D eigenvalue weighted by molar-refractivity contribution is -0.127. The zero-order valence-electron chi connectivity index (χ0n) is 19.9. The minimum Gasteiger partial charge on any atom is -0.484 e. The molecule has 1 aliphatic heterocycles. The van der Waals surface area contributed by atoms with Gasteiger partial charge in [0.05, 0.1) is 0 Å². The molecule has 1 unspecified atom stereocenters. The number of carbonyl (C=O) groups excluding carboxylic acids is 2. The molecule has 1 aliphatic rings. The Kier molecular flexibility index (Phi) is 9.05. The van der Waals surface area contributed by atoms with E-state index in [0.717, 1.165) is 35.2 Å². The number of ether oxygens (including phenoxy) is 1. The lowest BCUT2D eigenvalue weighted by Crippen LogP contribution is -2.34. The number of carbonyl (C=O) groups is 2. The highest BCUT2D eigenvalue weighted by Gasteiger charge is 2.24. The van der Waals surface area contributed by atoms with Crippen LogP contribution in [0, 0.1) is 4.91 Å². The average molecular weight is 479 g/mol. The van der Waals surface area contributed by atoms with E-state index < -0.39 is 18.7 Å². The summed E-state index contributed by atoms with van der Waals surface area (Å²) in [6.45, 7) is 5.12. The largest absolute Gasteiger partial charge is 0.484 e. The molecule has 3 rings (SSSR count). The van der Waals surface area contributed by atoms with Crippen LogP contribution in [0.25, 0.3) is 17.2 Å². The van der Waals surface area contributed by atoms with Crippen LogP contribution in [-0.2, 0) is 9.59 Å². The normalized spacial score (nSPS) is 14.9. The highest BCUT2D eigenvalue weighted by atomic mass is 16.5. The van der Waals surface area contributed by atoms with Crippen LogP contribution in [-0.4, -0.2) is 42.6 Å². The molecule has 0 bridgehead atoms. The molecule has 0 saturated carbocycles. The van der Waals surface area contributed by atoms with Gasteiger partial charge in [0, 0.05) is 35.9 Å². The first kappa shape index (κ1) is 25.5. The summed E-state index contributed by atoms with van der Waals surface area (Å²) in [6, 6.07) is 13.0. The van der Waals surface area contributed by atoms with E-state index in [0.29, 0.717) is 30.8 Å². The summed E-state index contributed by atoms with van der Waals surface area (Å²) < 4.78 is 5.25. The number of fused-ring (bicyclic) bond motifs is 1. The highest BCUT2D eigenvalue weighted by Crippen LogP contribution is 2.32. The van der Waals surface area contributed by atoms with Crippen molar-refractivity contribution in [2.24, 2.45) is 21.4 Å². The van der Waals surface area contributed by atoms with Crippen molar-refractivity contribution in [3.05, 3.63) is 58.5 Å². The Hall–Kier alpha value is -4.08. The van der Waals surface area contributed by atoms with Crippen LogP contribution in [0.4, 0.5) is 5.69 Å². The maximum absolute atomic E-state index is 13.3. The molecule has 1 heterocycles. The van der Waals surface area contributed by atoms with Gasteiger partial charge in [-0.3, -0.25) is 9.59 Å². The molecule has 2 amide bonds. The molecule has 1 atom stereocenters. The van der Waals surface area contributed by atoms with E-state index >= 15 is 0 Å². The quantitative estimate of drug-likeness (QED) is 0.223. The molecule has 0 spiro atoms. The molecule has 0 aliphatic carbocycles. The summed E-state index contributed by atoms with van der Waals surface area (Å²) in [5.41, 5.74) is 4.19. The second kappa shape index (κ2) is 12.4. The van der Waals surface area contributed by atoms with E-state index in [9.17, 15) is 14.5 Å². The van der Waals surface area contributed by atoms with Crippen LogP contribution in [0.15, 0.2) is 63.6 Å². The first-order chi connectivity index (χ1) is 17.0. The lowest BCUT2D eigenvalue weighted by Gasteiger charge is -2.23. The third kappa shape index (κ3) is 6.72. The molecule has 0 radical (unpaired) electrons. The fourth-order valence-electron chi connectivity index (χ4n) is 3.94. The van der Waals surface area contributed by atoms with Crippen molar-refractivity contribution < 1.29 is 14.3 Å². The number of nitrogens with two attached hydrogens (primary N) is 1. The Labute approximate surface area is 204 Å². The van der Waals surface area contributed by atoms with E-state index in [4.69, 9.17) is 10.6 Å². The molecule has 0 saturated heterocycles. The zero-order chi connectivity index (χ0) is 25.2. The Balaban J connectivity index is 1.89. The summed E-state index contributed by atoms with van der Waals surface area (Å²) in [5, 5.41) is 13.2. The van der Waals surface area contributed by atoms with E-state index in [1.165, 1.54) is 0 Å². The first-order valence-electron chi connectivity index (χ1n) is 11.6. The van der Waals surface area contributed by atoms with Crippen LogP contribution in [0.2, 0.25) is 0 Å². The molecule has 10 nitrogen and oxygen atoms in total. The number of anilines is 1. The second-order valence-electron chi connectivity index (χ2n) is 8.16. The number of nitroso groups, excluding NO2 is 1. The van der Waals surface area contributed by atoms with Crippen LogP contribution >= 0.6 is 0 Å². The maximum Gasteiger partial charge on any atom is 0.323 e. The van der Waals surface area contributed by atoms with E-state index in [-0.39, 0.29) is 5.91 Å². The summed E-state index contributed by atoms with van der Waals surface area (Å²) in [5.74, 6) is 4.93. The van der Waals surface area contributed by atoms with Crippen LogP contribution in [0.1, 0.15) is 38.7 Å². The first-order valence-corrected chi connectivity index (χ1v) is 11.6. The smallest absolute Gasteiger partial charge is 0.323 e. The fourth-order valence-corrected chi connectivity index (χ4v) is 3.94. The van der Waals surface area contributed by atoms with Crippen molar-refractivity contribution in [2.45, 2.75) is 39.3 Å². The van der Waals surface area contributed by atoms with Gasteiger partial charge in [-0.1, -0.05) is 43.3 Å². The summed E-state index contributed by atoms with van der Waals surface area (Å²) >= 11 is 0. The van der Waals surface area contributed by atoms with Gasteiger partial charge in [0.15, 0.2) is 6.61 Å². The van der Waals surface area contributed by atoms with E-state index in [1.807, 2.05) is 41.3 Å². The van der Waals surface area contributed by atoms with Crippen LogP contribution in [0.3, 0.4) is 0 Å². The van der Waals surface area contributed by atoms with Crippen molar-refractivity contribution in [2.75, 3.05) is 25.0 Å². The van der Waals surface area contributed by atoms with E-state index in [2.05, 4.69) is 34.7 Å². The summed E-state index contributed by atoms with van der Waals surface area (Å²) in [6.07, 6.45) is 3.58. The van der Waals surface area contributed by atoms with Gasteiger partial charge in [-0.05, 0) is 53.8 Å². The number of hydrogen-bond donors (Lipinski definition) is 2. The highest BCUT2D eigenvalue weighted by molar-refractivity contribution is 5.99. The number of benzene rings is 2. The average Bonchev–Trinajstić information content (AvgIpc) is 3.05. The molecular weight excluding hydrogens is 448 g/mol. The standard InChI is InChI=1S/C25H30N6O4/c1-3-11-31(12-4-2)25(33)20-13-19-6-5-18(14-22(19)27-23(15-20)28-30-26)17-7-9-21(10-8-17)35-16-24(32)29-34/h5-10,13-14,23,27H,3-4,11-12,15-16H2,1-2H3,(H2,26,28). The van der Waals surface area contributed by atoms with Crippen molar-refractivity contribution in [3.8, 4) is 16.9 Å².